The highest BCUT2D eigenvalue weighted by Gasteiger charge is 2.39. The van der Waals surface area contributed by atoms with Crippen molar-refractivity contribution < 1.29 is 9.59 Å². The summed E-state index contributed by atoms with van der Waals surface area (Å²) in [6, 6.07) is 4.32. The van der Waals surface area contributed by atoms with E-state index in [1.807, 2.05) is 18.3 Å². The SMILES string of the molecule is CCNC(=O)[C@@H]1C[C@H](NC(=O)C2CC2)CN1Cc1ccc(CC(C)C)s1. The molecule has 0 bridgehead atoms. The number of rotatable bonds is 8. The van der Waals surface area contributed by atoms with Crippen molar-refractivity contribution in [2.75, 3.05) is 13.1 Å². The second-order valence-electron chi connectivity index (χ2n) is 8.02. The van der Waals surface area contributed by atoms with Gasteiger partial charge in [0.25, 0.3) is 0 Å². The van der Waals surface area contributed by atoms with Crippen molar-refractivity contribution in [3.05, 3.63) is 21.9 Å². The number of likely N-dealkylation sites (N-methyl/N-ethyl adjacent to an activating group) is 1. The lowest BCUT2D eigenvalue weighted by atomic mass is 10.1. The van der Waals surface area contributed by atoms with Gasteiger partial charge in [0.1, 0.15) is 0 Å². The van der Waals surface area contributed by atoms with Gasteiger partial charge in [-0.25, -0.2) is 0 Å². The standard InChI is InChI=1S/C20H31N3O2S/c1-4-21-20(25)18-10-15(22-19(24)14-5-6-14)11-23(18)12-17-8-7-16(26-17)9-13(2)3/h7-8,13-15,18H,4-6,9-12H2,1-3H3,(H,21,25)(H,22,24)/t15-,18-/m0/s1. The zero-order chi connectivity index (χ0) is 18.7. The van der Waals surface area contributed by atoms with Gasteiger partial charge in [0.15, 0.2) is 0 Å². The van der Waals surface area contributed by atoms with Crippen molar-refractivity contribution in [3.8, 4) is 0 Å². The Morgan fingerprint density at radius 3 is 2.62 bits per heavy atom. The first-order chi connectivity index (χ1) is 12.5. The minimum atomic E-state index is -0.157. The Hall–Kier alpha value is -1.40. The first-order valence-electron chi connectivity index (χ1n) is 9.86. The lowest BCUT2D eigenvalue weighted by Crippen LogP contribution is -2.42. The molecule has 1 aliphatic heterocycles. The Labute approximate surface area is 160 Å². The predicted molar refractivity (Wildman–Crippen MR) is 105 cm³/mol. The Morgan fingerprint density at radius 1 is 1.23 bits per heavy atom. The molecule has 3 rings (SSSR count). The molecule has 2 aliphatic rings. The molecule has 1 saturated carbocycles. The molecule has 1 aromatic rings. The van der Waals surface area contributed by atoms with E-state index in [-0.39, 0.29) is 29.8 Å². The number of nitrogens with one attached hydrogen (secondary N) is 2. The molecule has 2 amide bonds. The molecule has 1 aromatic heterocycles. The number of hydrogen-bond donors (Lipinski definition) is 2. The summed E-state index contributed by atoms with van der Waals surface area (Å²) in [7, 11) is 0. The van der Waals surface area contributed by atoms with E-state index in [1.54, 1.807) is 0 Å². The van der Waals surface area contributed by atoms with E-state index in [0.29, 0.717) is 18.9 Å². The fraction of sp³-hybridized carbons (Fsp3) is 0.700. The zero-order valence-electron chi connectivity index (χ0n) is 16.1. The Morgan fingerprint density at radius 2 is 1.96 bits per heavy atom. The summed E-state index contributed by atoms with van der Waals surface area (Å²) in [4.78, 5) is 29.5. The van der Waals surface area contributed by atoms with Crippen LogP contribution in [0.3, 0.4) is 0 Å². The molecule has 1 aliphatic carbocycles. The van der Waals surface area contributed by atoms with Gasteiger partial charge in [0.05, 0.1) is 6.04 Å². The molecule has 26 heavy (non-hydrogen) atoms. The molecule has 0 radical (unpaired) electrons. The van der Waals surface area contributed by atoms with Crippen molar-refractivity contribution in [1.29, 1.82) is 0 Å². The van der Waals surface area contributed by atoms with Crippen LogP contribution in [0.4, 0.5) is 0 Å². The summed E-state index contributed by atoms with van der Waals surface area (Å²) in [5.74, 6) is 1.11. The molecule has 1 saturated heterocycles. The third-order valence-corrected chi connectivity index (χ3v) is 6.13. The number of carbonyl (C=O) groups excluding carboxylic acids is 2. The molecule has 144 valence electrons. The highest BCUT2D eigenvalue weighted by atomic mass is 32.1. The summed E-state index contributed by atoms with van der Waals surface area (Å²) in [6.45, 7) is 8.58. The van der Waals surface area contributed by atoms with Gasteiger partial charge in [0.2, 0.25) is 11.8 Å². The van der Waals surface area contributed by atoms with Gasteiger partial charge >= 0.3 is 0 Å². The summed E-state index contributed by atoms with van der Waals surface area (Å²) in [5.41, 5.74) is 0. The van der Waals surface area contributed by atoms with E-state index in [2.05, 4.69) is 41.5 Å². The molecule has 5 nitrogen and oxygen atoms in total. The van der Waals surface area contributed by atoms with Crippen molar-refractivity contribution >= 4 is 23.2 Å². The molecule has 0 unspecified atom stereocenters. The predicted octanol–water partition coefficient (Wildman–Crippen LogP) is 2.55. The Balaban J connectivity index is 1.64. The number of amides is 2. The summed E-state index contributed by atoms with van der Waals surface area (Å²) < 4.78 is 0. The molecule has 2 N–H and O–H groups in total. The van der Waals surface area contributed by atoms with Gasteiger partial charge in [-0.3, -0.25) is 14.5 Å². The van der Waals surface area contributed by atoms with Crippen LogP contribution in [-0.4, -0.2) is 41.9 Å². The number of likely N-dealkylation sites (tertiary alicyclic amines) is 1. The lowest BCUT2D eigenvalue weighted by Gasteiger charge is -2.22. The lowest BCUT2D eigenvalue weighted by molar-refractivity contribution is -0.126. The Kier molecular flexibility index (Phi) is 6.35. The van der Waals surface area contributed by atoms with Gasteiger partial charge in [-0.1, -0.05) is 13.8 Å². The third-order valence-electron chi connectivity index (χ3n) is 5.04. The molecule has 2 heterocycles. The average molecular weight is 378 g/mol. The van der Waals surface area contributed by atoms with Crippen LogP contribution in [0.5, 0.6) is 0 Å². The van der Waals surface area contributed by atoms with E-state index in [9.17, 15) is 9.59 Å². The third kappa shape index (κ3) is 5.07. The topological polar surface area (TPSA) is 61.4 Å². The Bertz CT molecular complexity index is 639. The molecule has 0 spiro atoms. The fourth-order valence-corrected chi connectivity index (χ4v) is 4.89. The maximum Gasteiger partial charge on any atom is 0.237 e. The minimum Gasteiger partial charge on any atom is -0.355 e. The quantitative estimate of drug-likeness (QED) is 0.732. The van der Waals surface area contributed by atoms with Crippen molar-refractivity contribution in [3.63, 3.8) is 0 Å². The summed E-state index contributed by atoms with van der Waals surface area (Å²) in [6.07, 6.45) is 3.82. The van der Waals surface area contributed by atoms with E-state index in [1.165, 1.54) is 9.75 Å². The molecule has 2 fully saturated rings. The molecular formula is C20H31N3O2S. The smallest absolute Gasteiger partial charge is 0.237 e. The fourth-order valence-electron chi connectivity index (χ4n) is 3.63. The normalized spacial score (nSPS) is 23.4. The average Bonchev–Trinajstić information content (AvgIpc) is 3.23. The first kappa shape index (κ1) is 19.4. The van der Waals surface area contributed by atoms with Gasteiger partial charge in [0, 0.05) is 41.3 Å². The van der Waals surface area contributed by atoms with E-state index in [4.69, 9.17) is 0 Å². The van der Waals surface area contributed by atoms with Crippen LogP contribution in [0.2, 0.25) is 0 Å². The van der Waals surface area contributed by atoms with Crippen LogP contribution < -0.4 is 10.6 Å². The summed E-state index contributed by atoms with van der Waals surface area (Å²) in [5, 5.41) is 6.11. The molecule has 6 heteroatoms. The van der Waals surface area contributed by atoms with Gasteiger partial charge < -0.3 is 10.6 Å². The monoisotopic (exact) mass is 377 g/mol. The van der Waals surface area contributed by atoms with E-state index < -0.39 is 0 Å². The van der Waals surface area contributed by atoms with Gasteiger partial charge in [-0.2, -0.15) is 0 Å². The van der Waals surface area contributed by atoms with Crippen LogP contribution in [0.1, 0.15) is 49.8 Å². The van der Waals surface area contributed by atoms with Crippen LogP contribution in [0.25, 0.3) is 0 Å². The van der Waals surface area contributed by atoms with Gasteiger partial charge in [-0.05, 0) is 50.7 Å². The maximum atomic E-state index is 12.5. The van der Waals surface area contributed by atoms with Crippen molar-refractivity contribution in [1.82, 2.24) is 15.5 Å². The highest BCUT2D eigenvalue weighted by Crippen LogP contribution is 2.30. The number of nitrogens with zero attached hydrogens (tertiary/aromatic N) is 1. The number of hydrogen-bond acceptors (Lipinski definition) is 4. The minimum absolute atomic E-state index is 0.0748. The van der Waals surface area contributed by atoms with Crippen molar-refractivity contribution in [2.45, 2.75) is 65.1 Å². The van der Waals surface area contributed by atoms with Crippen LogP contribution in [0.15, 0.2) is 12.1 Å². The van der Waals surface area contributed by atoms with E-state index in [0.717, 1.165) is 32.4 Å². The first-order valence-corrected chi connectivity index (χ1v) is 10.7. The molecule has 0 aromatic carbocycles. The van der Waals surface area contributed by atoms with Gasteiger partial charge in [-0.15, -0.1) is 11.3 Å². The number of thiophene rings is 1. The second-order valence-corrected chi connectivity index (χ2v) is 9.27. The van der Waals surface area contributed by atoms with Crippen LogP contribution in [-0.2, 0) is 22.6 Å². The maximum absolute atomic E-state index is 12.5. The molecular weight excluding hydrogens is 346 g/mol. The highest BCUT2D eigenvalue weighted by molar-refractivity contribution is 7.11. The van der Waals surface area contributed by atoms with Crippen LogP contribution >= 0.6 is 11.3 Å². The largest absolute Gasteiger partial charge is 0.355 e. The van der Waals surface area contributed by atoms with Crippen LogP contribution in [0, 0.1) is 11.8 Å². The summed E-state index contributed by atoms with van der Waals surface area (Å²) >= 11 is 1.84. The van der Waals surface area contributed by atoms with E-state index >= 15 is 0 Å². The second kappa shape index (κ2) is 8.53. The van der Waals surface area contributed by atoms with Crippen molar-refractivity contribution in [2.24, 2.45) is 11.8 Å². The molecule has 2 atom stereocenters. The zero-order valence-corrected chi connectivity index (χ0v) is 16.9. The number of carbonyl (C=O) groups is 2.